The van der Waals surface area contributed by atoms with Crippen LogP contribution in [0.3, 0.4) is 0 Å². The molecule has 5 nitrogen and oxygen atoms in total. The van der Waals surface area contributed by atoms with Crippen LogP contribution in [0.1, 0.15) is 35.3 Å². The van der Waals surface area contributed by atoms with Crippen LogP contribution in [-0.2, 0) is 19.4 Å². The minimum atomic E-state index is -4.14. The van der Waals surface area contributed by atoms with Crippen molar-refractivity contribution in [2.24, 2.45) is 0 Å². The van der Waals surface area contributed by atoms with Gasteiger partial charge in [-0.1, -0.05) is 36.7 Å². The smallest absolute Gasteiger partial charge is 0.307 e. The molecule has 1 heterocycles. The number of sulfone groups is 1. The molecule has 8 heteroatoms. The third kappa shape index (κ3) is 4.36. The number of rotatable bonds is 7. The number of hydrogen-bond acceptors (Lipinski definition) is 4. The number of H-pyrrole nitrogens is 1. The van der Waals surface area contributed by atoms with E-state index in [9.17, 15) is 17.6 Å². The van der Waals surface area contributed by atoms with Gasteiger partial charge in [-0.05, 0) is 42.0 Å². The van der Waals surface area contributed by atoms with E-state index >= 15 is 0 Å². The maximum Gasteiger partial charge on any atom is 0.307 e. The number of ether oxygens (including phenoxy) is 1. The summed E-state index contributed by atoms with van der Waals surface area (Å²) in [6.07, 6.45) is 1.24. The van der Waals surface area contributed by atoms with E-state index in [0.29, 0.717) is 21.5 Å². The summed E-state index contributed by atoms with van der Waals surface area (Å²) >= 11 is 6.01. The fourth-order valence-electron chi connectivity index (χ4n) is 3.01. The van der Waals surface area contributed by atoms with Crippen LogP contribution >= 0.6 is 11.6 Å². The largest absolute Gasteiger partial charge is 0.439 e. The Balaban J connectivity index is 2.11. The van der Waals surface area contributed by atoms with Crippen LogP contribution in [0, 0.1) is 5.82 Å². The monoisotopic (exact) mass is 435 g/mol. The molecule has 29 heavy (non-hydrogen) atoms. The second-order valence-corrected chi connectivity index (χ2v) is 8.98. The lowest BCUT2D eigenvalue weighted by Gasteiger charge is -2.22. The molecule has 0 radical (unpaired) electrons. The molecular weight excluding hydrogens is 417 g/mol. The van der Waals surface area contributed by atoms with Gasteiger partial charge >= 0.3 is 5.97 Å². The average molecular weight is 436 g/mol. The Kier molecular flexibility index (Phi) is 6.10. The second-order valence-electron chi connectivity index (χ2n) is 6.43. The Morgan fingerprint density at radius 3 is 2.55 bits per heavy atom. The summed E-state index contributed by atoms with van der Waals surface area (Å²) in [7, 11) is -4.14. The zero-order valence-electron chi connectivity index (χ0n) is 15.6. The number of carbonyl (C=O) groups is 1. The number of halogens is 2. The van der Waals surface area contributed by atoms with Crippen LogP contribution in [0.15, 0.2) is 61.2 Å². The molecule has 2 aromatic carbocycles. The van der Waals surface area contributed by atoms with Gasteiger partial charge in [-0.25, -0.2) is 12.8 Å². The van der Waals surface area contributed by atoms with E-state index in [-0.39, 0.29) is 12.1 Å². The van der Waals surface area contributed by atoms with Crippen LogP contribution in [0.5, 0.6) is 0 Å². The van der Waals surface area contributed by atoms with Gasteiger partial charge in [0.15, 0.2) is 0 Å². The molecule has 0 bridgehead atoms. The zero-order valence-corrected chi connectivity index (χ0v) is 17.1. The molecule has 0 amide bonds. The van der Waals surface area contributed by atoms with Crippen molar-refractivity contribution in [2.75, 3.05) is 0 Å². The van der Waals surface area contributed by atoms with Gasteiger partial charge in [0.25, 0.3) is 0 Å². The fraction of sp³-hybridized carbons (Fsp3) is 0.190. The Morgan fingerprint density at radius 1 is 1.24 bits per heavy atom. The standard InChI is InChI=1S/C21H19ClFNO4S/c1-3-19(13-5-8-16(23)9-6-13)29(26,27)21(28-20(25)4-2)18-12-14-11-15(22)7-10-17(14)24-18/h3,5-12,19,21,24H,1,4H2,2H3. The van der Waals surface area contributed by atoms with Crippen molar-refractivity contribution in [2.45, 2.75) is 24.0 Å². The van der Waals surface area contributed by atoms with Crippen molar-refractivity contribution >= 4 is 38.3 Å². The summed E-state index contributed by atoms with van der Waals surface area (Å²) in [6.45, 7) is 5.19. The van der Waals surface area contributed by atoms with Crippen molar-refractivity contribution in [3.63, 3.8) is 0 Å². The van der Waals surface area contributed by atoms with Crippen LogP contribution in [0.2, 0.25) is 5.02 Å². The third-order valence-electron chi connectivity index (χ3n) is 4.45. The molecule has 0 aliphatic carbocycles. The number of benzene rings is 2. The molecule has 3 aromatic rings. The molecule has 3 rings (SSSR count). The average Bonchev–Trinajstić information content (AvgIpc) is 3.10. The molecule has 0 saturated carbocycles. The highest BCUT2D eigenvalue weighted by Crippen LogP contribution is 2.37. The topological polar surface area (TPSA) is 76.2 Å². The molecule has 0 spiro atoms. The molecule has 0 fully saturated rings. The van der Waals surface area contributed by atoms with E-state index in [0.717, 1.165) is 0 Å². The van der Waals surface area contributed by atoms with Gasteiger partial charge in [0.2, 0.25) is 15.3 Å². The summed E-state index contributed by atoms with van der Waals surface area (Å²) in [6, 6.07) is 11.7. The predicted molar refractivity (Wildman–Crippen MR) is 111 cm³/mol. The predicted octanol–water partition coefficient (Wildman–Crippen LogP) is 5.25. The van der Waals surface area contributed by atoms with Gasteiger partial charge < -0.3 is 9.72 Å². The van der Waals surface area contributed by atoms with E-state index in [4.69, 9.17) is 16.3 Å². The molecule has 0 saturated heterocycles. The van der Waals surface area contributed by atoms with Gasteiger partial charge in [0, 0.05) is 22.3 Å². The van der Waals surface area contributed by atoms with Crippen molar-refractivity contribution in [1.29, 1.82) is 0 Å². The number of aromatic nitrogens is 1. The Morgan fingerprint density at radius 2 is 1.93 bits per heavy atom. The van der Waals surface area contributed by atoms with Crippen LogP contribution in [0.4, 0.5) is 4.39 Å². The van der Waals surface area contributed by atoms with Crippen molar-refractivity contribution in [3.8, 4) is 0 Å². The van der Waals surface area contributed by atoms with Gasteiger partial charge in [-0.2, -0.15) is 0 Å². The normalized spacial score (nSPS) is 13.8. The van der Waals surface area contributed by atoms with Crippen LogP contribution < -0.4 is 0 Å². The molecule has 2 unspecified atom stereocenters. The molecular formula is C21H19ClFNO4S. The number of aromatic amines is 1. The van der Waals surface area contributed by atoms with E-state index in [1.807, 2.05) is 0 Å². The molecule has 152 valence electrons. The summed E-state index contributed by atoms with van der Waals surface area (Å²) in [5, 5.41) is -0.0340. The molecule has 0 aliphatic rings. The Hall–Kier alpha value is -2.64. The lowest BCUT2D eigenvalue weighted by atomic mass is 10.1. The van der Waals surface area contributed by atoms with Crippen LogP contribution in [-0.4, -0.2) is 19.4 Å². The lowest BCUT2D eigenvalue weighted by Crippen LogP contribution is -2.24. The SMILES string of the molecule is C=CC(c1ccc(F)cc1)S(=O)(=O)C(OC(=O)CC)c1cc2cc(Cl)ccc2[nH]1. The van der Waals surface area contributed by atoms with E-state index in [1.54, 1.807) is 31.2 Å². The first-order valence-electron chi connectivity index (χ1n) is 8.84. The summed E-state index contributed by atoms with van der Waals surface area (Å²) in [5.41, 5.74) is -0.431. The zero-order chi connectivity index (χ0) is 21.2. The second kappa shape index (κ2) is 8.39. The highest BCUT2D eigenvalue weighted by Gasteiger charge is 2.38. The number of fused-ring (bicyclic) bond motifs is 1. The number of nitrogens with one attached hydrogen (secondary N) is 1. The number of esters is 1. The van der Waals surface area contributed by atoms with Gasteiger partial charge in [-0.3, -0.25) is 4.79 Å². The number of carbonyl (C=O) groups excluding carboxylic acids is 1. The molecule has 1 N–H and O–H groups in total. The van der Waals surface area contributed by atoms with Crippen molar-refractivity contribution in [3.05, 3.63) is 83.3 Å². The summed E-state index contributed by atoms with van der Waals surface area (Å²) < 4.78 is 45.5. The highest BCUT2D eigenvalue weighted by atomic mass is 35.5. The quantitative estimate of drug-likeness (QED) is 0.406. The summed E-state index contributed by atoms with van der Waals surface area (Å²) in [5.74, 6) is -1.16. The van der Waals surface area contributed by atoms with E-state index in [1.165, 1.54) is 30.3 Å². The first-order valence-corrected chi connectivity index (χ1v) is 10.8. The van der Waals surface area contributed by atoms with Gasteiger partial charge in [0.05, 0.1) is 5.69 Å². The Labute approximate surface area is 173 Å². The van der Waals surface area contributed by atoms with Crippen LogP contribution in [0.25, 0.3) is 10.9 Å². The fourth-order valence-corrected chi connectivity index (χ4v) is 4.98. The minimum absolute atomic E-state index is 0.00732. The number of hydrogen-bond donors (Lipinski definition) is 1. The van der Waals surface area contributed by atoms with E-state index < -0.39 is 32.3 Å². The maximum absolute atomic E-state index is 13.5. The lowest BCUT2D eigenvalue weighted by molar-refractivity contribution is -0.145. The molecule has 2 atom stereocenters. The van der Waals surface area contributed by atoms with Gasteiger partial charge in [0.1, 0.15) is 11.1 Å². The first kappa shape index (κ1) is 21.1. The minimum Gasteiger partial charge on any atom is -0.439 e. The molecule has 0 aliphatic heterocycles. The van der Waals surface area contributed by atoms with Crippen molar-refractivity contribution in [1.82, 2.24) is 4.98 Å². The molecule has 1 aromatic heterocycles. The maximum atomic E-state index is 13.5. The first-order chi connectivity index (χ1) is 13.8. The Bertz CT molecular complexity index is 1160. The van der Waals surface area contributed by atoms with Crippen molar-refractivity contribution < 1.29 is 22.3 Å². The highest BCUT2D eigenvalue weighted by molar-refractivity contribution is 7.91. The van der Waals surface area contributed by atoms with Gasteiger partial charge in [-0.15, -0.1) is 6.58 Å². The van der Waals surface area contributed by atoms with E-state index in [2.05, 4.69) is 11.6 Å². The third-order valence-corrected chi connectivity index (χ3v) is 6.80. The summed E-state index contributed by atoms with van der Waals surface area (Å²) in [4.78, 5) is 15.0.